The minimum atomic E-state index is -4.21. The minimum Gasteiger partial charge on any atom is -0.352 e. The largest absolute Gasteiger partial charge is 0.391 e. The highest BCUT2D eigenvalue weighted by molar-refractivity contribution is 5.90. The number of hydrogen-bond acceptors (Lipinski definition) is 2. The average molecular weight is 429 g/mol. The van der Waals surface area contributed by atoms with E-state index in [1.165, 1.54) is 19.3 Å². The molecule has 0 aromatic carbocycles. The van der Waals surface area contributed by atoms with Gasteiger partial charge in [0, 0.05) is 11.5 Å². The first kappa shape index (κ1) is 21.9. The molecule has 4 nitrogen and oxygen atoms in total. The molecule has 5 rings (SSSR count). The summed E-state index contributed by atoms with van der Waals surface area (Å²) in [5, 5.41) is 5.86. The number of halogens is 3. The summed E-state index contributed by atoms with van der Waals surface area (Å²) in [6.45, 7) is 3.76. The van der Waals surface area contributed by atoms with E-state index in [1.54, 1.807) is 0 Å². The van der Waals surface area contributed by atoms with Gasteiger partial charge in [0.25, 0.3) is 0 Å². The number of rotatable bonds is 5. The van der Waals surface area contributed by atoms with E-state index in [0.717, 1.165) is 19.3 Å². The van der Waals surface area contributed by atoms with Gasteiger partial charge in [-0.15, -0.1) is 0 Å². The third-order valence-electron chi connectivity index (χ3n) is 8.24. The van der Waals surface area contributed by atoms with Crippen molar-refractivity contribution in [2.45, 2.75) is 96.3 Å². The van der Waals surface area contributed by atoms with Crippen LogP contribution >= 0.6 is 0 Å². The molecule has 5 aliphatic rings. The quantitative estimate of drug-likeness (QED) is 0.673. The molecular formula is C23H35F3N2O2. The molecule has 0 aliphatic heterocycles. The van der Waals surface area contributed by atoms with E-state index in [9.17, 15) is 22.8 Å². The summed E-state index contributed by atoms with van der Waals surface area (Å²) >= 11 is 0. The Balaban J connectivity index is 1.39. The third-order valence-corrected chi connectivity index (χ3v) is 8.24. The zero-order valence-corrected chi connectivity index (χ0v) is 18.1. The first-order chi connectivity index (χ1) is 14.1. The fourth-order valence-corrected chi connectivity index (χ4v) is 7.13. The lowest BCUT2D eigenvalue weighted by molar-refractivity contribution is -0.184. The first-order valence-corrected chi connectivity index (χ1v) is 11.7. The molecule has 0 heterocycles. The second kappa shape index (κ2) is 8.01. The van der Waals surface area contributed by atoms with Crippen molar-refractivity contribution in [3.05, 3.63) is 0 Å². The van der Waals surface area contributed by atoms with Gasteiger partial charge in [0.1, 0.15) is 6.04 Å². The van der Waals surface area contributed by atoms with Crippen molar-refractivity contribution in [1.82, 2.24) is 10.6 Å². The molecule has 2 amide bonds. The van der Waals surface area contributed by atoms with Crippen molar-refractivity contribution >= 4 is 11.8 Å². The smallest absolute Gasteiger partial charge is 0.352 e. The van der Waals surface area contributed by atoms with E-state index in [-0.39, 0.29) is 36.0 Å². The molecular weight excluding hydrogens is 393 g/mol. The lowest BCUT2D eigenvalue weighted by Gasteiger charge is -2.55. The molecule has 0 saturated heterocycles. The van der Waals surface area contributed by atoms with Crippen LogP contribution in [0.25, 0.3) is 0 Å². The van der Waals surface area contributed by atoms with Crippen molar-refractivity contribution < 1.29 is 22.8 Å². The molecule has 3 unspecified atom stereocenters. The number of carbonyl (C=O) groups excluding carboxylic acids is 2. The molecule has 30 heavy (non-hydrogen) atoms. The maximum atomic E-state index is 13.4. The lowest BCUT2D eigenvalue weighted by Crippen LogP contribution is -2.59. The molecule has 4 bridgehead atoms. The Morgan fingerprint density at radius 1 is 0.933 bits per heavy atom. The second-order valence-corrected chi connectivity index (χ2v) is 11.0. The topological polar surface area (TPSA) is 58.2 Å². The van der Waals surface area contributed by atoms with Crippen LogP contribution in [-0.4, -0.2) is 30.1 Å². The summed E-state index contributed by atoms with van der Waals surface area (Å²) in [4.78, 5) is 26.3. The summed E-state index contributed by atoms with van der Waals surface area (Å²) in [5.41, 5.74) is -0.339. The Bertz CT molecular complexity index is 641. The van der Waals surface area contributed by atoms with Gasteiger partial charge in [-0.25, -0.2) is 0 Å². The van der Waals surface area contributed by atoms with Crippen molar-refractivity contribution in [3.8, 4) is 0 Å². The minimum absolute atomic E-state index is 0.00716. The van der Waals surface area contributed by atoms with Crippen molar-refractivity contribution in [2.75, 3.05) is 0 Å². The van der Waals surface area contributed by atoms with Gasteiger partial charge in [-0.3, -0.25) is 9.59 Å². The number of carbonyl (C=O) groups is 2. The molecule has 5 aliphatic carbocycles. The van der Waals surface area contributed by atoms with Crippen LogP contribution < -0.4 is 10.6 Å². The van der Waals surface area contributed by atoms with E-state index in [1.807, 2.05) is 13.8 Å². The van der Waals surface area contributed by atoms with Crippen molar-refractivity contribution in [1.29, 1.82) is 0 Å². The maximum absolute atomic E-state index is 13.4. The Morgan fingerprint density at radius 2 is 1.50 bits per heavy atom. The molecule has 3 atom stereocenters. The summed E-state index contributed by atoms with van der Waals surface area (Å²) in [5.74, 6) is 0.0864. The molecule has 170 valence electrons. The monoisotopic (exact) mass is 428 g/mol. The average Bonchev–Trinajstić information content (AvgIpc) is 2.64. The van der Waals surface area contributed by atoms with Crippen LogP contribution in [0.5, 0.6) is 0 Å². The molecule has 0 spiro atoms. The van der Waals surface area contributed by atoms with Gasteiger partial charge >= 0.3 is 6.18 Å². The van der Waals surface area contributed by atoms with Gasteiger partial charge in [0.2, 0.25) is 11.8 Å². The SMILES string of the molecule is CC(C)C(NC(=O)C12CC3CC(CC(C3)C1)C2)C(=O)NC1CCCC(C(F)(F)F)C1. The zero-order chi connectivity index (χ0) is 21.7. The lowest BCUT2D eigenvalue weighted by atomic mass is 9.49. The van der Waals surface area contributed by atoms with Gasteiger partial charge in [-0.1, -0.05) is 20.3 Å². The zero-order valence-electron chi connectivity index (χ0n) is 18.1. The van der Waals surface area contributed by atoms with Gasteiger partial charge < -0.3 is 10.6 Å². The third kappa shape index (κ3) is 4.36. The fourth-order valence-electron chi connectivity index (χ4n) is 7.13. The standard InChI is InChI=1S/C23H35F3N2O2/c1-13(2)19(20(29)27-18-5-3-4-17(9-18)23(24,25)26)28-21(30)22-10-14-6-15(11-22)8-16(7-14)12-22/h13-19H,3-12H2,1-2H3,(H,27,29)(H,28,30). The van der Waals surface area contributed by atoms with Crippen LogP contribution in [0, 0.1) is 35.0 Å². The molecule has 0 radical (unpaired) electrons. The Morgan fingerprint density at radius 3 is 2.00 bits per heavy atom. The Labute approximate surface area is 177 Å². The van der Waals surface area contributed by atoms with Gasteiger partial charge in [0.15, 0.2) is 0 Å². The Kier molecular flexibility index (Phi) is 5.86. The highest BCUT2D eigenvalue weighted by Crippen LogP contribution is 2.60. The van der Waals surface area contributed by atoms with E-state index in [2.05, 4.69) is 10.6 Å². The van der Waals surface area contributed by atoms with Crippen LogP contribution in [0.1, 0.15) is 78.1 Å². The van der Waals surface area contributed by atoms with Gasteiger partial charge in [-0.2, -0.15) is 13.2 Å². The van der Waals surface area contributed by atoms with Crippen LogP contribution in [0.3, 0.4) is 0 Å². The Hall–Kier alpha value is -1.27. The molecule has 2 N–H and O–H groups in total. The first-order valence-electron chi connectivity index (χ1n) is 11.7. The summed E-state index contributed by atoms with van der Waals surface area (Å²) in [7, 11) is 0. The number of hydrogen-bond donors (Lipinski definition) is 2. The number of nitrogens with one attached hydrogen (secondary N) is 2. The van der Waals surface area contributed by atoms with E-state index >= 15 is 0 Å². The number of amides is 2. The molecule has 0 aromatic rings. The van der Waals surface area contributed by atoms with E-state index < -0.39 is 24.2 Å². The van der Waals surface area contributed by atoms with Crippen molar-refractivity contribution in [2.24, 2.45) is 35.0 Å². The molecule has 5 fully saturated rings. The highest BCUT2D eigenvalue weighted by atomic mass is 19.4. The van der Waals surface area contributed by atoms with Crippen molar-refractivity contribution in [3.63, 3.8) is 0 Å². The predicted octanol–water partition coefficient (Wildman–Crippen LogP) is 4.58. The maximum Gasteiger partial charge on any atom is 0.391 e. The predicted molar refractivity (Wildman–Crippen MR) is 107 cm³/mol. The van der Waals surface area contributed by atoms with Crippen LogP contribution in [0.2, 0.25) is 0 Å². The van der Waals surface area contributed by atoms with Gasteiger partial charge in [-0.05, 0) is 81.5 Å². The second-order valence-electron chi connectivity index (χ2n) is 11.0. The van der Waals surface area contributed by atoms with Crippen LogP contribution in [0.15, 0.2) is 0 Å². The molecule has 0 aromatic heterocycles. The van der Waals surface area contributed by atoms with E-state index in [0.29, 0.717) is 30.6 Å². The summed E-state index contributed by atoms with van der Waals surface area (Å²) in [6.07, 6.45) is 3.36. The van der Waals surface area contributed by atoms with Gasteiger partial charge in [0.05, 0.1) is 5.92 Å². The highest BCUT2D eigenvalue weighted by Gasteiger charge is 2.55. The summed E-state index contributed by atoms with van der Waals surface area (Å²) in [6, 6.07) is -1.17. The number of alkyl halides is 3. The summed E-state index contributed by atoms with van der Waals surface area (Å²) < 4.78 is 39.3. The van der Waals surface area contributed by atoms with Crippen LogP contribution in [0.4, 0.5) is 13.2 Å². The molecule has 7 heteroatoms. The molecule has 5 saturated carbocycles. The fraction of sp³-hybridized carbons (Fsp3) is 0.913. The van der Waals surface area contributed by atoms with Crippen LogP contribution in [-0.2, 0) is 9.59 Å². The van der Waals surface area contributed by atoms with E-state index in [4.69, 9.17) is 0 Å². The normalized spacial score (nSPS) is 39.1.